The SMILES string of the molecule is Cc1c2c(=O)n(-c3ccc(OCc4ccccc4)cc3)[nH]c2cc(=O)n1CCNC(=O)c1ccc(F)cc1. The fourth-order valence-corrected chi connectivity index (χ4v) is 4.29. The molecule has 5 aromatic rings. The van der Waals surface area contributed by atoms with Crippen molar-refractivity contribution in [2.75, 3.05) is 6.54 Å². The summed E-state index contributed by atoms with van der Waals surface area (Å²) in [5.74, 6) is -0.140. The number of nitrogens with one attached hydrogen (secondary N) is 2. The number of fused-ring (bicyclic) bond motifs is 1. The molecule has 0 atom stereocenters. The smallest absolute Gasteiger partial charge is 0.280 e. The van der Waals surface area contributed by atoms with E-state index in [9.17, 15) is 18.8 Å². The van der Waals surface area contributed by atoms with Crippen LogP contribution in [-0.2, 0) is 13.2 Å². The number of hydrogen-bond donors (Lipinski definition) is 2. The summed E-state index contributed by atoms with van der Waals surface area (Å²) in [6.45, 7) is 2.46. The van der Waals surface area contributed by atoms with Crippen molar-refractivity contribution in [2.24, 2.45) is 0 Å². The number of aromatic nitrogens is 3. The Morgan fingerprint density at radius 1 is 0.974 bits per heavy atom. The molecule has 0 radical (unpaired) electrons. The highest BCUT2D eigenvalue weighted by atomic mass is 19.1. The standard InChI is InChI=1S/C29H25FN4O4/c1-19-27-25(17-26(35)33(19)16-15-31-28(36)21-7-9-22(30)10-8-21)32-34(29(27)37)23-11-13-24(14-12-23)38-18-20-5-3-2-4-6-20/h2-14,17,32H,15-16,18H2,1H3,(H,31,36). The Kier molecular flexibility index (Phi) is 6.90. The predicted octanol–water partition coefficient (Wildman–Crippen LogP) is 3.94. The minimum atomic E-state index is -0.429. The third kappa shape index (κ3) is 5.12. The minimum Gasteiger partial charge on any atom is -0.489 e. The van der Waals surface area contributed by atoms with Crippen LogP contribution in [0.15, 0.2) is 94.5 Å². The fourth-order valence-electron chi connectivity index (χ4n) is 4.29. The van der Waals surface area contributed by atoms with Gasteiger partial charge in [-0.15, -0.1) is 0 Å². The van der Waals surface area contributed by atoms with Crippen molar-refractivity contribution in [1.29, 1.82) is 0 Å². The molecule has 0 aliphatic carbocycles. The van der Waals surface area contributed by atoms with Gasteiger partial charge in [0.15, 0.2) is 0 Å². The molecule has 0 aliphatic rings. The molecule has 0 spiro atoms. The molecule has 192 valence electrons. The first-order valence-corrected chi connectivity index (χ1v) is 12.1. The van der Waals surface area contributed by atoms with E-state index in [2.05, 4.69) is 10.4 Å². The lowest BCUT2D eigenvalue weighted by atomic mass is 10.2. The second kappa shape index (κ2) is 10.6. The van der Waals surface area contributed by atoms with Crippen LogP contribution in [0.3, 0.4) is 0 Å². The molecular formula is C29H25FN4O4. The Hall–Kier alpha value is -4.92. The van der Waals surface area contributed by atoms with Gasteiger partial charge in [0.25, 0.3) is 17.0 Å². The number of rotatable bonds is 8. The first-order chi connectivity index (χ1) is 18.4. The lowest BCUT2D eigenvalue weighted by molar-refractivity contribution is 0.0952. The van der Waals surface area contributed by atoms with E-state index in [1.807, 2.05) is 30.3 Å². The number of amides is 1. The third-order valence-electron chi connectivity index (χ3n) is 6.29. The summed E-state index contributed by atoms with van der Waals surface area (Å²) in [7, 11) is 0. The molecular weight excluding hydrogens is 487 g/mol. The first-order valence-electron chi connectivity index (χ1n) is 12.1. The highest BCUT2D eigenvalue weighted by molar-refractivity contribution is 5.94. The topological polar surface area (TPSA) is 98.1 Å². The number of aromatic amines is 1. The molecule has 38 heavy (non-hydrogen) atoms. The van der Waals surface area contributed by atoms with Crippen molar-refractivity contribution in [3.63, 3.8) is 0 Å². The largest absolute Gasteiger partial charge is 0.489 e. The summed E-state index contributed by atoms with van der Waals surface area (Å²) in [6.07, 6.45) is 0. The monoisotopic (exact) mass is 512 g/mol. The normalized spacial score (nSPS) is 11.0. The van der Waals surface area contributed by atoms with Crippen LogP contribution in [0.2, 0.25) is 0 Å². The highest BCUT2D eigenvalue weighted by Gasteiger charge is 2.15. The van der Waals surface area contributed by atoms with Crippen molar-refractivity contribution in [2.45, 2.75) is 20.1 Å². The number of benzene rings is 3. The van der Waals surface area contributed by atoms with Gasteiger partial charge in [-0.3, -0.25) is 19.5 Å². The average molecular weight is 513 g/mol. The van der Waals surface area contributed by atoms with E-state index in [1.165, 1.54) is 39.6 Å². The van der Waals surface area contributed by atoms with Crippen LogP contribution in [0.4, 0.5) is 4.39 Å². The lowest BCUT2D eigenvalue weighted by Gasteiger charge is -2.11. The highest BCUT2D eigenvalue weighted by Crippen LogP contribution is 2.18. The maximum absolute atomic E-state index is 13.3. The molecule has 0 fully saturated rings. The van der Waals surface area contributed by atoms with E-state index in [0.717, 1.165) is 5.56 Å². The zero-order valence-electron chi connectivity index (χ0n) is 20.6. The zero-order valence-corrected chi connectivity index (χ0v) is 20.6. The third-order valence-corrected chi connectivity index (χ3v) is 6.29. The molecule has 3 aromatic carbocycles. The van der Waals surface area contributed by atoms with Crippen LogP contribution in [0.25, 0.3) is 16.6 Å². The molecule has 2 N–H and O–H groups in total. The van der Waals surface area contributed by atoms with Gasteiger partial charge in [-0.25, -0.2) is 9.07 Å². The van der Waals surface area contributed by atoms with Crippen molar-refractivity contribution < 1.29 is 13.9 Å². The Bertz CT molecular complexity index is 1700. The fraction of sp³-hybridized carbons (Fsp3) is 0.138. The summed E-state index contributed by atoms with van der Waals surface area (Å²) in [5.41, 5.74) is 2.29. The average Bonchev–Trinajstić information content (AvgIpc) is 3.26. The van der Waals surface area contributed by atoms with Gasteiger partial charge in [0.05, 0.1) is 16.6 Å². The molecule has 2 heterocycles. The van der Waals surface area contributed by atoms with Crippen molar-refractivity contribution in [3.05, 3.63) is 128 Å². The van der Waals surface area contributed by atoms with Crippen LogP contribution >= 0.6 is 0 Å². The Labute approximate surface area is 216 Å². The van der Waals surface area contributed by atoms with E-state index in [0.29, 0.717) is 40.2 Å². The van der Waals surface area contributed by atoms with Gasteiger partial charge in [-0.2, -0.15) is 0 Å². The summed E-state index contributed by atoms with van der Waals surface area (Å²) < 4.78 is 21.7. The van der Waals surface area contributed by atoms with Crippen molar-refractivity contribution in [3.8, 4) is 11.4 Å². The van der Waals surface area contributed by atoms with E-state index in [4.69, 9.17) is 4.74 Å². The van der Waals surface area contributed by atoms with Crippen LogP contribution < -0.4 is 21.2 Å². The van der Waals surface area contributed by atoms with Crippen molar-refractivity contribution in [1.82, 2.24) is 19.7 Å². The molecule has 0 bridgehead atoms. The lowest BCUT2D eigenvalue weighted by Crippen LogP contribution is -2.32. The van der Waals surface area contributed by atoms with E-state index >= 15 is 0 Å². The second-order valence-corrected chi connectivity index (χ2v) is 8.79. The second-order valence-electron chi connectivity index (χ2n) is 8.79. The molecule has 5 rings (SSSR count). The molecule has 0 saturated heterocycles. The minimum absolute atomic E-state index is 0.158. The number of hydrogen-bond acceptors (Lipinski definition) is 4. The number of halogens is 1. The number of carbonyl (C=O) groups excluding carboxylic acids is 1. The van der Waals surface area contributed by atoms with Gasteiger partial charge < -0.3 is 14.6 Å². The molecule has 9 heteroatoms. The van der Waals surface area contributed by atoms with Crippen LogP contribution in [0, 0.1) is 12.7 Å². The quantitative estimate of drug-likeness (QED) is 0.329. The summed E-state index contributed by atoms with van der Waals surface area (Å²) >= 11 is 0. The van der Waals surface area contributed by atoms with Gasteiger partial charge in [0.1, 0.15) is 18.2 Å². The van der Waals surface area contributed by atoms with Gasteiger partial charge >= 0.3 is 0 Å². The van der Waals surface area contributed by atoms with Crippen molar-refractivity contribution >= 4 is 16.8 Å². The summed E-state index contributed by atoms with van der Waals surface area (Å²) in [4.78, 5) is 38.4. The Balaban J connectivity index is 1.32. The summed E-state index contributed by atoms with van der Waals surface area (Å²) in [5, 5.41) is 6.12. The number of carbonyl (C=O) groups is 1. The number of pyridine rings is 1. The number of ether oxygens (including phenoxy) is 1. The van der Waals surface area contributed by atoms with Crippen LogP contribution in [0.5, 0.6) is 5.75 Å². The maximum atomic E-state index is 13.3. The van der Waals surface area contributed by atoms with Gasteiger partial charge in [-0.1, -0.05) is 30.3 Å². The molecule has 2 aromatic heterocycles. The Morgan fingerprint density at radius 2 is 1.68 bits per heavy atom. The van der Waals surface area contributed by atoms with Gasteiger partial charge in [-0.05, 0) is 61.0 Å². The van der Waals surface area contributed by atoms with E-state index < -0.39 is 5.82 Å². The van der Waals surface area contributed by atoms with Crippen LogP contribution in [0.1, 0.15) is 21.6 Å². The molecule has 8 nitrogen and oxygen atoms in total. The first kappa shape index (κ1) is 24.8. The molecule has 0 unspecified atom stereocenters. The Morgan fingerprint density at radius 3 is 2.39 bits per heavy atom. The maximum Gasteiger partial charge on any atom is 0.280 e. The predicted molar refractivity (Wildman–Crippen MR) is 142 cm³/mol. The van der Waals surface area contributed by atoms with E-state index in [-0.39, 0.29) is 30.1 Å². The molecule has 0 saturated carbocycles. The van der Waals surface area contributed by atoms with Gasteiger partial charge in [0.2, 0.25) is 0 Å². The molecule has 1 amide bonds. The van der Waals surface area contributed by atoms with Gasteiger partial charge in [0, 0.05) is 30.4 Å². The zero-order chi connectivity index (χ0) is 26.6. The van der Waals surface area contributed by atoms with Crippen LogP contribution in [-0.4, -0.2) is 26.8 Å². The number of nitrogens with zero attached hydrogens (tertiary/aromatic N) is 2. The number of H-pyrrole nitrogens is 1. The van der Waals surface area contributed by atoms with E-state index in [1.54, 1.807) is 31.2 Å². The number of aryl methyl sites for hydroxylation is 1. The summed E-state index contributed by atoms with van der Waals surface area (Å²) in [6, 6.07) is 23.5. The molecule has 0 aliphatic heterocycles.